The van der Waals surface area contributed by atoms with Crippen LogP contribution in [0.3, 0.4) is 0 Å². The fraction of sp³-hybridized carbons (Fsp3) is 0.588. The van der Waals surface area contributed by atoms with E-state index in [1.165, 1.54) is 11.1 Å². The highest BCUT2D eigenvalue weighted by molar-refractivity contribution is 5.85. The van der Waals surface area contributed by atoms with E-state index >= 15 is 0 Å². The zero-order valence-electron chi connectivity index (χ0n) is 12.8. The molecule has 0 saturated carbocycles. The molecule has 0 heterocycles. The maximum atomic E-state index is 12.7. The van der Waals surface area contributed by atoms with Crippen LogP contribution in [0.15, 0.2) is 24.3 Å². The van der Waals surface area contributed by atoms with Gasteiger partial charge >= 0.3 is 0 Å². The zero-order valence-corrected chi connectivity index (χ0v) is 12.8. The van der Waals surface area contributed by atoms with Gasteiger partial charge in [-0.3, -0.25) is 4.79 Å². The lowest BCUT2D eigenvalue weighted by Crippen LogP contribution is -2.56. The Labute approximate surface area is 121 Å². The number of aryl methyl sites for hydroxylation is 1. The average molecular weight is 274 g/mol. The van der Waals surface area contributed by atoms with Crippen molar-refractivity contribution in [1.82, 2.24) is 5.32 Å². The summed E-state index contributed by atoms with van der Waals surface area (Å²) in [5, 5.41) is 3.19. The number of amides is 1. The molecule has 20 heavy (non-hydrogen) atoms. The van der Waals surface area contributed by atoms with E-state index in [-0.39, 0.29) is 17.4 Å². The Hall–Kier alpha value is -1.35. The lowest BCUT2D eigenvalue weighted by Gasteiger charge is -2.36. The summed E-state index contributed by atoms with van der Waals surface area (Å²) < 4.78 is 0. The van der Waals surface area contributed by atoms with Crippen LogP contribution < -0.4 is 11.1 Å². The van der Waals surface area contributed by atoms with E-state index in [4.69, 9.17) is 5.73 Å². The number of benzene rings is 1. The number of hydrogen-bond donors (Lipinski definition) is 2. The monoisotopic (exact) mass is 274 g/mol. The standard InChI is InChI=1S/C17H26N2O/c1-12(2)17(3,11-18)19-16(20)15-10-6-8-13-7-4-5-9-14(13)15/h4-5,7,9,12,15H,6,8,10-11,18H2,1-3H3,(H,19,20). The molecule has 1 aliphatic rings. The van der Waals surface area contributed by atoms with Crippen LogP contribution in [0, 0.1) is 5.92 Å². The van der Waals surface area contributed by atoms with Gasteiger partial charge in [0.2, 0.25) is 5.91 Å². The minimum Gasteiger partial charge on any atom is -0.349 e. The fourth-order valence-corrected chi connectivity index (χ4v) is 2.83. The third kappa shape index (κ3) is 2.88. The topological polar surface area (TPSA) is 55.1 Å². The minimum atomic E-state index is -0.330. The molecule has 0 spiro atoms. The first kappa shape index (κ1) is 15.0. The Morgan fingerprint density at radius 3 is 2.80 bits per heavy atom. The maximum Gasteiger partial charge on any atom is 0.228 e. The predicted octanol–water partition coefficient (Wildman–Crippen LogP) is 2.60. The number of fused-ring (bicyclic) bond motifs is 1. The number of nitrogens with one attached hydrogen (secondary N) is 1. The van der Waals surface area contributed by atoms with Crippen LogP contribution in [-0.2, 0) is 11.2 Å². The van der Waals surface area contributed by atoms with Crippen LogP contribution in [0.4, 0.5) is 0 Å². The molecule has 1 amide bonds. The van der Waals surface area contributed by atoms with Crippen molar-refractivity contribution in [2.45, 2.75) is 51.5 Å². The molecule has 0 bridgehead atoms. The number of nitrogens with two attached hydrogens (primary N) is 1. The summed E-state index contributed by atoms with van der Waals surface area (Å²) in [4.78, 5) is 12.7. The third-order valence-electron chi connectivity index (χ3n) is 4.79. The fourth-order valence-electron chi connectivity index (χ4n) is 2.83. The van der Waals surface area contributed by atoms with Crippen molar-refractivity contribution in [3.63, 3.8) is 0 Å². The summed E-state index contributed by atoms with van der Waals surface area (Å²) in [6, 6.07) is 8.31. The van der Waals surface area contributed by atoms with Gasteiger partial charge in [-0.05, 0) is 43.2 Å². The average Bonchev–Trinajstić information content (AvgIpc) is 2.46. The molecule has 2 rings (SSSR count). The maximum absolute atomic E-state index is 12.7. The molecule has 0 aliphatic heterocycles. The largest absolute Gasteiger partial charge is 0.349 e. The molecule has 2 unspecified atom stereocenters. The number of carbonyl (C=O) groups excluding carboxylic acids is 1. The highest BCUT2D eigenvalue weighted by Gasteiger charge is 2.33. The van der Waals surface area contributed by atoms with Gasteiger partial charge in [0.25, 0.3) is 0 Å². The summed E-state index contributed by atoms with van der Waals surface area (Å²) >= 11 is 0. The molecular weight excluding hydrogens is 248 g/mol. The van der Waals surface area contributed by atoms with Crippen LogP contribution in [0.25, 0.3) is 0 Å². The van der Waals surface area contributed by atoms with Crippen molar-refractivity contribution >= 4 is 5.91 Å². The molecule has 1 aliphatic carbocycles. The van der Waals surface area contributed by atoms with E-state index in [0.29, 0.717) is 12.5 Å². The second-order valence-corrected chi connectivity index (χ2v) is 6.41. The van der Waals surface area contributed by atoms with E-state index in [1.807, 2.05) is 13.0 Å². The van der Waals surface area contributed by atoms with Crippen molar-refractivity contribution in [1.29, 1.82) is 0 Å². The first-order valence-electron chi connectivity index (χ1n) is 7.58. The smallest absolute Gasteiger partial charge is 0.228 e. The molecule has 3 N–H and O–H groups in total. The van der Waals surface area contributed by atoms with Gasteiger partial charge in [0.15, 0.2) is 0 Å². The number of rotatable bonds is 4. The van der Waals surface area contributed by atoms with Crippen molar-refractivity contribution in [2.24, 2.45) is 11.7 Å². The van der Waals surface area contributed by atoms with Gasteiger partial charge in [-0.2, -0.15) is 0 Å². The van der Waals surface area contributed by atoms with Gasteiger partial charge in [0, 0.05) is 6.54 Å². The quantitative estimate of drug-likeness (QED) is 0.886. The van der Waals surface area contributed by atoms with Gasteiger partial charge < -0.3 is 11.1 Å². The second-order valence-electron chi connectivity index (χ2n) is 6.41. The summed E-state index contributed by atoms with van der Waals surface area (Å²) in [7, 11) is 0. The summed E-state index contributed by atoms with van der Waals surface area (Å²) in [5.41, 5.74) is 8.05. The zero-order chi connectivity index (χ0) is 14.8. The van der Waals surface area contributed by atoms with Crippen LogP contribution in [0.2, 0.25) is 0 Å². The summed E-state index contributed by atoms with van der Waals surface area (Å²) in [5.74, 6) is 0.415. The number of carbonyl (C=O) groups is 1. The first-order valence-corrected chi connectivity index (χ1v) is 7.58. The van der Waals surface area contributed by atoms with Crippen LogP contribution in [0.5, 0.6) is 0 Å². The molecule has 110 valence electrons. The van der Waals surface area contributed by atoms with Crippen LogP contribution in [-0.4, -0.2) is 18.0 Å². The number of hydrogen-bond acceptors (Lipinski definition) is 2. The van der Waals surface area contributed by atoms with E-state index < -0.39 is 0 Å². The van der Waals surface area contributed by atoms with E-state index in [0.717, 1.165) is 19.3 Å². The van der Waals surface area contributed by atoms with Gasteiger partial charge in [-0.15, -0.1) is 0 Å². The lowest BCUT2D eigenvalue weighted by molar-refractivity contribution is -0.125. The Morgan fingerprint density at radius 2 is 2.15 bits per heavy atom. The molecule has 3 nitrogen and oxygen atoms in total. The Bertz CT molecular complexity index is 484. The van der Waals surface area contributed by atoms with Crippen LogP contribution >= 0.6 is 0 Å². The van der Waals surface area contributed by atoms with Gasteiger partial charge in [-0.25, -0.2) is 0 Å². The normalized spacial score (nSPS) is 21.1. The molecule has 1 aromatic rings. The summed E-state index contributed by atoms with van der Waals surface area (Å²) in [6.07, 6.45) is 3.09. The summed E-state index contributed by atoms with van der Waals surface area (Å²) in [6.45, 7) is 6.69. The van der Waals surface area contributed by atoms with Gasteiger partial charge in [-0.1, -0.05) is 38.1 Å². The van der Waals surface area contributed by atoms with Crippen molar-refractivity contribution in [3.05, 3.63) is 35.4 Å². The SMILES string of the molecule is CC(C)C(C)(CN)NC(=O)C1CCCc2ccccc21. The lowest BCUT2D eigenvalue weighted by atomic mass is 9.81. The van der Waals surface area contributed by atoms with Crippen molar-refractivity contribution in [3.8, 4) is 0 Å². The molecule has 0 radical (unpaired) electrons. The first-order chi connectivity index (χ1) is 9.48. The third-order valence-corrected chi connectivity index (χ3v) is 4.79. The highest BCUT2D eigenvalue weighted by Crippen LogP contribution is 2.32. The Morgan fingerprint density at radius 1 is 1.45 bits per heavy atom. The minimum absolute atomic E-state index is 0.0235. The molecule has 3 heteroatoms. The van der Waals surface area contributed by atoms with Crippen molar-refractivity contribution in [2.75, 3.05) is 6.54 Å². The van der Waals surface area contributed by atoms with Gasteiger partial charge in [0.05, 0.1) is 11.5 Å². The molecular formula is C17H26N2O. The molecule has 0 aromatic heterocycles. The van der Waals surface area contributed by atoms with E-state index in [9.17, 15) is 4.79 Å². The van der Waals surface area contributed by atoms with E-state index in [2.05, 4.69) is 37.4 Å². The van der Waals surface area contributed by atoms with Crippen LogP contribution in [0.1, 0.15) is 50.7 Å². The molecule has 2 atom stereocenters. The molecule has 0 saturated heterocycles. The second kappa shape index (κ2) is 5.96. The Kier molecular flexibility index (Phi) is 4.48. The molecule has 0 fully saturated rings. The van der Waals surface area contributed by atoms with E-state index in [1.54, 1.807) is 0 Å². The molecule has 1 aromatic carbocycles. The van der Waals surface area contributed by atoms with Crippen molar-refractivity contribution < 1.29 is 4.79 Å². The van der Waals surface area contributed by atoms with Gasteiger partial charge in [0.1, 0.15) is 0 Å². The highest BCUT2D eigenvalue weighted by atomic mass is 16.2. The Balaban J connectivity index is 2.19. The predicted molar refractivity (Wildman–Crippen MR) is 82.6 cm³/mol.